The lowest BCUT2D eigenvalue weighted by Crippen LogP contribution is -2.44. The molecule has 188 valence electrons. The summed E-state index contributed by atoms with van der Waals surface area (Å²) in [6, 6.07) is 11.4. The van der Waals surface area contributed by atoms with Gasteiger partial charge in [0.05, 0.1) is 40.6 Å². The molecule has 1 fully saturated rings. The number of para-hydroxylation sites is 1. The summed E-state index contributed by atoms with van der Waals surface area (Å²) in [5.41, 5.74) is 5.61. The molecule has 0 radical (unpaired) electrons. The van der Waals surface area contributed by atoms with E-state index in [-0.39, 0.29) is 22.4 Å². The van der Waals surface area contributed by atoms with E-state index in [0.29, 0.717) is 5.69 Å². The van der Waals surface area contributed by atoms with Gasteiger partial charge in [-0.2, -0.15) is 13.2 Å². The van der Waals surface area contributed by atoms with E-state index in [1.165, 1.54) is 42.3 Å². The second-order valence-electron chi connectivity index (χ2n) is 8.69. The van der Waals surface area contributed by atoms with Crippen molar-refractivity contribution in [1.82, 2.24) is 9.88 Å². The minimum Gasteiger partial charge on any atom is -0.368 e. The van der Waals surface area contributed by atoms with Gasteiger partial charge in [-0.3, -0.25) is 19.5 Å². The largest absolute Gasteiger partial charge is 0.416 e. The highest BCUT2D eigenvalue weighted by atomic mass is 19.4. The van der Waals surface area contributed by atoms with Gasteiger partial charge < -0.3 is 15.5 Å². The Morgan fingerprint density at radius 3 is 2.31 bits per heavy atom. The topological polar surface area (TPSA) is 82.8 Å². The molecule has 1 aliphatic heterocycles. The molecule has 0 bridgehead atoms. The lowest BCUT2D eigenvalue weighted by molar-refractivity contribution is -0.138. The van der Waals surface area contributed by atoms with Crippen LogP contribution in [-0.2, 0) is 6.18 Å². The van der Waals surface area contributed by atoms with E-state index in [1.54, 1.807) is 24.4 Å². The molecule has 3 aromatic rings. The van der Waals surface area contributed by atoms with Crippen molar-refractivity contribution in [3.63, 3.8) is 0 Å². The van der Waals surface area contributed by atoms with Gasteiger partial charge in [-0.25, -0.2) is 0 Å². The van der Waals surface area contributed by atoms with E-state index in [9.17, 15) is 22.8 Å². The van der Waals surface area contributed by atoms with Gasteiger partial charge in [-0.05, 0) is 49.9 Å². The van der Waals surface area contributed by atoms with E-state index in [2.05, 4.69) is 14.8 Å². The predicted octanol–water partition coefficient (Wildman–Crippen LogP) is 4.24. The first-order valence-electron chi connectivity index (χ1n) is 11.4. The SMILES string of the molecule is Cc1c(C(=O)N(c2cncc(N3CCN(C)CC3)c2)c2ccccc2C(N)=O)cccc1C(F)(F)F. The second kappa shape index (κ2) is 9.98. The zero-order chi connectivity index (χ0) is 26.0. The molecular weight excluding hydrogens is 471 g/mol. The minimum atomic E-state index is -4.63. The average Bonchev–Trinajstić information content (AvgIpc) is 2.84. The molecule has 7 nitrogen and oxygen atoms in total. The number of carbonyl (C=O) groups excluding carboxylic acids is 2. The van der Waals surface area contributed by atoms with Crippen LogP contribution < -0.4 is 15.5 Å². The maximum atomic E-state index is 13.9. The predicted molar refractivity (Wildman–Crippen MR) is 132 cm³/mol. The van der Waals surface area contributed by atoms with Crippen LogP contribution in [0.5, 0.6) is 0 Å². The Morgan fingerprint density at radius 2 is 1.64 bits per heavy atom. The first-order valence-corrected chi connectivity index (χ1v) is 11.4. The Balaban J connectivity index is 1.86. The highest BCUT2D eigenvalue weighted by molar-refractivity contribution is 6.15. The molecule has 2 heterocycles. The summed E-state index contributed by atoms with van der Waals surface area (Å²) in [4.78, 5) is 36.0. The second-order valence-corrected chi connectivity index (χ2v) is 8.69. The zero-order valence-corrected chi connectivity index (χ0v) is 19.9. The highest BCUT2D eigenvalue weighted by Crippen LogP contribution is 2.36. The molecule has 1 aromatic heterocycles. The first kappa shape index (κ1) is 25.2. The van der Waals surface area contributed by atoms with Crippen molar-refractivity contribution in [2.75, 3.05) is 43.0 Å². The summed E-state index contributed by atoms with van der Waals surface area (Å²) in [5.74, 6) is -1.50. The molecule has 10 heteroatoms. The molecule has 1 aliphatic rings. The number of anilines is 3. The molecule has 2 aromatic carbocycles. The Kier molecular flexibility index (Phi) is 6.98. The molecule has 0 saturated carbocycles. The van der Waals surface area contributed by atoms with Gasteiger partial charge in [0.25, 0.3) is 11.8 Å². The van der Waals surface area contributed by atoms with Gasteiger partial charge in [0.2, 0.25) is 0 Å². The maximum absolute atomic E-state index is 13.9. The van der Waals surface area contributed by atoms with Crippen LogP contribution in [0.2, 0.25) is 0 Å². The van der Waals surface area contributed by atoms with Crippen molar-refractivity contribution in [3.05, 3.63) is 83.2 Å². The van der Waals surface area contributed by atoms with Crippen LogP contribution in [0, 0.1) is 6.92 Å². The summed E-state index contributed by atoms with van der Waals surface area (Å²) < 4.78 is 40.8. The average molecular weight is 498 g/mol. The van der Waals surface area contributed by atoms with Gasteiger partial charge in [0.1, 0.15) is 0 Å². The molecule has 2 N–H and O–H groups in total. The number of halogens is 3. The lowest BCUT2D eigenvalue weighted by Gasteiger charge is -2.34. The highest BCUT2D eigenvalue weighted by Gasteiger charge is 2.35. The monoisotopic (exact) mass is 497 g/mol. The number of carbonyl (C=O) groups is 2. The molecule has 1 saturated heterocycles. The van der Waals surface area contributed by atoms with Crippen LogP contribution in [0.25, 0.3) is 0 Å². The molecule has 36 heavy (non-hydrogen) atoms. The fraction of sp³-hybridized carbons (Fsp3) is 0.269. The fourth-order valence-electron chi connectivity index (χ4n) is 4.31. The molecule has 0 atom stereocenters. The number of hydrogen-bond acceptors (Lipinski definition) is 5. The van der Waals surface area contributed by atoms with Crippen molar-refractivity contribution in [3.8, 4) is 0 Å². The number of hydrogen-bond donors (Lipinski definition) is 1. The smallest absolute Gasteiger partial charge is 0.368 e. The van der Waals surface area contributed by atoms with Crippen LogP contribution in [-0.4, -0.2) is 54.9 Å². The third-order valence-corrected chi connectivity index (χ3v) is 6.32. The number of nitrogens with zero attached hydrogens (tertiary/aromatic N) is 4. The Morgan fingerprint density at radius 1 is 0.972 bits per heavy atom. The lowest BCUT2D eigenvalue weighted by atomic mass is 10.00. The third kappa shape index (κ3) is 5.03. The molecule has 0 aliphatic carbocycles. The molecular formula is C26H26F3N5O2. The summed E-state index contributed by atoms with van der Waals surface area (Å²) in [6.07, 6.45) is -1.51. The van der Waals surface area contributed by atoms with Crippen LogP contribution >= 0.6 is 0 Å². The van der Waals surface area contributed by atoms with Crippen LogP contribution in [0.15, 0.2) is 60.9 Å². The Labute approximate surface area is 206 Å². The zero-order valence-electron chi connectivity index (χ0n) is 19.9. The van der Waals surface area contributed by atoms with E-state index >= 15 is 0 Å². The summed E-state index contributed by atoms with van der Waals surface area (Å²) in [6.45, 7) is 4.45. The normalized spacial score (nSPS) is 14.5. The summed E-state index contributed by atoms with van der Waals surface area (Å²) in [7, 11) is 2.03. The van der Waals surface area contributed by atoms with Gasteiger partial charge >= 0.3 is 6.18 Å². The third-order valence-electron chi connectivity index (χ3n) is 6.32. The van der Waals surface area contributed by atoms with Gasteiger partial charge in [0, 0.05) is 31.7 Å². The number of pyridine rings is 1. The van der Waals surface area contributed by atoms with E-state index in [4.69, 9.17) is 5.73 Å². The van der Waals surface area contributed by atoms with Gasteiger partial charge in [-0.1, -0.05) is 18.2 Å². The number of benzene rings is 2. The van der Waals surface area contributed by atoms with E-state index < -0.39 is 23.6 Å². The number of aromatic nitrogens is 1. The number of piperazine rings is 1. The number of alkyl halides is 3. The van der Waals surface area contributed by atoms with Gasteiger partial charge in [-0.15, -0.1) is 0 Å². The van der Waals surface area contributed by atoms with Crippen molar-refractivity contribution >= 4 is 28.9 Å². The van der Waals surface area contributed by atoms with Gasteiger partial charge in [0.15, 0.2) is 0 Å². The van der Waals surface area contributed by atoms with E-state index in [0.717, 1.165) is 37.9 Å². The van der Waals surface area contributed by atoms with Crippen molar-refractivity contribution < 1.29 is 22.8 Å². The molecule has 0 spiro atoms. The number of likely N-dealkylation sites (N-methyl/N-ethyl adjacent to an activating group) is 1. The van der Waals surface area contributed by atoms with Crippen LogP contribution in [0.3, 0.4) is 0 Å². The van der Waals surface area contributed by atoms with Crippen molar-refractivity contribution in [1.29, 1.82) is 0 Å². The number of amides is 2. The van der Waals surface area contributed by atoms with Crippen molar-refractivity contribution in [2.24, 2.45) is 5.73 Å². The summed E-state index contributed by atoms with van der Waals surface area (Å²) in [5, 5.41) is 0. The minimum absolute atomic E-state index is 0.0560. The number of nitrogens with two attached hydrogens (primary N) is 1. The first-order chi connectivity index (χ1) is 17.1. The quantitative estimate of drug-likeness (QED) is 0.570. The molecule has 0 unspecified atom stereocenters. The Bertz CT molecular complexity index is 1290. The standard InChI is InChI=1S/C26H26F3N5O2/c1-17-20(7-5-8-22(17)26(27,28)29)25(36)34(23-9-4-3-6-21(23)24(30)35)19-14-18(15-31-16-19)33-12-10-32(2)11-13-33/h3-9,14-16H,10-13H2,1-2H3,(H2,30,35). The van der Waals surface area contributed by atoms with Crippen LogP contribution in [0.4, 0.5) is 30.2 Å². The summed E-state index contributed by atoms with van der Waals surface area (Å²) >= 11 is 0. The maximum Gasteiger partial charge on any atom is 0.416 e. The Hall–Kier alpha value is -3.92. The van der Waals surface area contributed by atoms with E-state index in [1.807, 2.05) is 7.05 Å². The van der Waals surface area contributed by atoms with Crippen LogP contribution in [0.1, 0.15) is 31.8 Å². The fourth-order valence-corrected chi connectivity index (χ4v) is 4.31. The number of primary amides is 1. The number of rotatable bonds is 5. The van der Waals surface area contributed by atoms with Crippen molar-refractivity contribution in [2.45, 2.75) is 13.1 Å². The molecule has 2 amide bonds. The molecule has 4 rings (SSSR count).